The highest BCUT2D eigenvalue weighted by Gasteiger charge is 2.50. The maximum absolute atomic E-state index is 9.80. The summed E-state index contributed by atoms with van der Waals surface area (Å²) in [5.74, 6) is 0. The van der Waals surface area contributed by atoms with Crippen LogP contribution in [0.15, 0.2) is 0 Å². The molecule has 0 bridgehead atoms. The molecule has 0 amide bonds. The van der Waals surface area contributed by atoms with Gasteiger partial charge in [-0.2, -0.15) is 0 Å². The maximum Gasteiger partial charge on any atom is 0.165 e. The van der Waals surface area contributed by atoms with Gasteiger partial charge in [0.15, 0.2) is 6.35 Å². The zero-order valence-corrected chi connectivity index (χ0v) is 7.82. The third-order valence-corrected chi connectivity index (χ3v) is 3.35. The van der Waals surface area contributed by atoms with Crippen molar-refractivity contribution in [3.8, 4) is 0 Å². The number of nitrogens with one attached hydrogen (secondary N) is 2. The van der Waals surface area contributed by atoms with Crippen molar-refractivity contribution in [2.45, 2.75) is 31.0 Å². The molecule has 2 fully saturated rings. The van der Waals surface area contributed by atoms with Crippen LogP contribution in [0, 0.1) is 0 Å². The van der Waals surface area contributed by atoms with E-state index in [4.69, 9.17) is 0 Å². The molecular formula is C8H17N3O2. The molecule has 0 aliphatic carbocycles. The third kappa shape index (κ3) is 1.28. The zero-order chi connectivity index (χ0) is 9.47. The van der Waals surface area contributed by atoms with Gasteiger partial charge in [-0.1, -0.05) is 0 Å². The Morgan fingerprint density at radius 1 is 1.31 bits per heavy atom. The quantitative estimate of drug-likeness (QED) is 0.362. The number of hydrogen-bond acceptors (Lipinski definition) is 5. The summed E-state index contributed by atoms with van der Waals surface area (Å²) in [4.78, 5) is 1.83. The number of nitrogens with zero attached hydrogens (tertiary/aromatic N) is 1. The van der Waals surface area contributed by atoms with Crippen LogP contribution in [0.3, 0.4) is 0 Å². The Morgan fingerprint density at radius 2 is 1.92 bits per heavy atom. The summed E-state index contributed by atoms with van der Waals surface area (Å²) in [6.07, 6.45) is 0.409. The molecule has 0 saturated carbocycles. The van der Waals surface area contributed by atoms with E-state index in [0.717, 1.165) is 25.9 Å². The Hall–Kier alpha value is -0.200. The van der Waals surface area contributed by atoms with E-state index in [-0.39, 0.29) is 5.54 Å². The summed E-state index contributed by atoms with van der Waals surface area (Å²) in [5.41, 5.74) is -0.273. The van der Waals surface area contributed by atoms with Gasteiger partial charge in [-0.15, -0.1) is 0 Å². The third-order valence-electron chi connectivity index (χ3n) is 3.35. The number of rotatable bonds is 0. The Balaban J connectivity index is 2.18. The molecule has 13 heavy (non-hydrogen) atoms. The summed E-state index contributed by atoms with van der Waals surface area (Å²) < 4.78 is 0. The number of hydrogen-bond donors (Lipinski definition) is 4. The van der Waals surface area contributed by atoms with Crippen molar-refractivity contribution in [3.05, 3.63) is 0 Å². The number of piperidine rings is 1. The Bertz CT molecular complexity index is 194. The molecule has 2 aliphatic heterocycles. The molecule has 2 saturated heterocycles. The number of likely N-dealkylation sites (N-methyl/N-ethyl adjacent to an activating group) is 1. The van der Waals surface area contributed by atoms with Gasteiger partial charge < -0.3 is 15.5 Å². The fourth-order valence-corrected chi connectivity index (χ4v) is 2.33. The molecule has 1 spiro atoms. The van der Waals surface area contributed by atoms with Gasteiger partial charge in [-0.05, 0) is 33.0 Å². The second-order valence-corrected chi connectivity index (χ2v) is 3.91. The molecule has 5 heteroatoms. The van der Waals surface area contributed by atoms with Crippen molar-refractivity contribution >= 4 is 0 Å². The van der Waals surface area contributed by atoms with Crippen molar-refractivity contribution in [3.63, 3.8) is 0 Å². The topological polar surface area (TPSA) is 67.8 Å². The van der Waals surface area contributed by atoms with E-state index in [1.165, 1.54) is 0 Å². The van der Waals surface area contributed by atoms with Gasteiger partial charge >= 0.3 is 0 Å². The number of aliphatic hydroxyl groups is 2. The van der Waals surface area contributed by atoms with Crippen LogP contribution in [-0.4, -0.2) is 53.4 Å². The Kier molecular flexibility index (Phi) is 2.29. The van der Waals surface area contributed by atoms with Crippen LogP contribution < -0.4 is 10.6 Å². The minimum Gasteiger partial charge on any atom is -0.377 e. The van der Waals surface area contributed by atoms with Gasteiger partial charge in [-0.25, -0.2) is 0 Å². The lowest BCUT2D eigenvalue weighted by Crippen LogP contribution is -2.56. The molecule has 0 aromatic rings. The van der Waals surface area contributed by atoms with Gasteiger partial charge in [0, 0.05) is 0 Å². The van der Waals surface area contributed by atoms with Crippen LogP contribution in [0.4, 0.5) is 0 Å². The van der Waals surface area contributed by atoms with Gasteiger partial charge in [0.1, 0.15) is 6.23 Å². The van der Waals surface area contributed by atoms with E-state index in [2.05, 4.69) is 10.6 Å². The van der Waals surface area contributed by atoms with E-state index < -0.39 is 12.6 Å². The minimum atomic E-state index is -0.715. The molecule has 4 N–H and O–H groups in total. The normalized spacial score (nSPS) is 39.9. The standard InChI is InChI=1S/C8H17N3O2/c1-11-7(13)10-6(12)8(11)2-4-9-5-3-8/h6-7,9-10,12-13H,2-5H2,1H3. The molecule has 76 valence electrons. The number of aliphatic hydroxyl groups excluding tert-OH is 2. The van der Waals surface area contributed by atoms with Crippen LogP contribution in [-0.2, 0) is 0 Å². The first kappa shape index (κ1) is 9.36. The Morgan fingerprint density at radius 3 is 2.38 bits per heavy atom. The molecule has 0 aromatic heterocycles. The van der Waals surface area contributed by atoms with Gasteiger partial charge in [0.2, 0.25) is 0 Å². The van der Waals surface area contributed by atoms with E-state index in [0.29, 0.717) is 0 Å². The molecule has 5 nitrogen and oxygen atoms in total. The molecule has 2 aliphatic rings. The predicted octanol–water partition coefficient (Wildman–Crippen LogP) is -1.76. The molecule has 0 aromatic carbocycles. The summed E-state index contributed by atoms with van der Waals surface area (Å²) in [6, 6.07) is 0. The lowest BCUT2D eigenvalue weighted by Gasteiger charge is -2.41. The summed E-state index contributed by atoms with van der Waals surface area (Å²) in [7, 11) is 1.85. The van der Waals surface area contributed by atoms with Crippen molar-refractivity contribution in [1.29, 1.82) is 0 Å². The highest BCUT2D eigenvalue weighted by molar-refractivity contribution is 5.02. The lowest BCUT2D eigenvalue weighted by molar-refractivity contribution is -0.0319. The van der Waals surface area contributed by atoms with Crippen LogP contribution >= 0.6 is 0 Å². The largest absolute Gasteiger partial charge is 0.377 e. The van der Waals surface area contributed by atoms with E-state index in [1.807, 2.05) is 11.9 Å². The highest BCUT2D eigenvalue weighted by atomic mass is 16.3. The van der Waals surface area contributed by atoms with Crippen molar-refractivity contribution in [1.82, 2.24) is 15.5 Å². The molecule has 2 atom stereocenters. The molecule has 2 rings (SSSR count). The second-order valence-electron chi connectivity index (χ2n) is 3.91. The summed E-state index contributed by atoms with van der Waals surface area (Å²) >= 11 is 0. The first-order chi connectivity index (χ1) is 6.17. The maximum atomic E-state index is 9.80. The highest BCUT2D eigenvalue weighted by Crippen LogP contribution is 2.33. The van der Waals surface area contributed by atoms with E-state index in [1.54, 1.807) is 0 Å². The summed E-state index contributed by atoms with van der Waals surface area (Å²) in [6.45, 7) is 1.80. The second kappa shape index (κ2) is 3.18. The van der Waals surface area contributed by atoms with E-state index >= 15 is 0 Å². The van der Waals surface area contributed by atoms with E-state index in [9.17, 15) is 10.2 Å². The zero-order valence-electron chi connectivity index (χ0n) is 7.82. The van der Waals surface area contributed by atoms with Gasteiger partial charge in [0.25, 0.3) is 0 Å². The molecular weight excluding hydrogens is 170 g/mol. The van der Waals surface area contributed by atoms with Crippen molar-refractivity contribution in [2.24, 2.45) is 0 Å². The fourth-order valence-electron chi connectivity index (χ4n) is 2.33. The minimum absolute atomic E-state index is 0.273. The molecule has 0 radical (unpaired) electrons. The van der Waals surface area contributed by atoms with Crippen LogP contribution in [0.5, 0.6) is 0 Å². The fraction of sp³-hybridized carbons (Fsp3) is 1.00. The molecule has 2 unspecified atom stereocenters. The monoisotopic (exact) mass is 187 g/mol. The smallest absolute Gasteiger partial charge is 0.165 e. The van der Waals surface area contributed by atoms with Crippen molar-refractivity contribution in [2.75, 3.05) is 20.1 Å². The Labute approximate surface area is 77.7 Å². The van der Waals surface area contributed by atoms with Gasteiger partial charge in [0.05, 0.1) is 5.54 Å². The average Bonchev–Trinajstić information content (AvgIpc) is 2.34. The first-order valence-corrected chi connectivity index (χ1v) is 4.73. The average molecular weight is 187 g/mol. The lowest BCUT2D eigenvalue weighted by atomic mass is 9.86. The van der Waals surface area contributed by atoms with Gasteiger partial charge in [-0.3, -0.25) is 10.2 Å². The SMILES string of the molecule is CN1C(O)NC(O)C12CCNCC2. The summed E-state index contributed by atoms with van der Waals surface area (Å²) in [5, 5.41) is 25.3. The predicted molar refractivity (Wildman–Crippen MR) is 47.7 cm³/mol. The van der Waals surface area contributed by atoms with Crippen LogP contribution in [0.1, 0.15) is 12.8 Å². The van der Waals surface area contributed by atoms with Crippen molar-refractivity contribution < 1.29 is 10.2 Å². The van der Waals surface area contributed by atoms with Crippen LogP contribution in [0.25, 0.3) is 0 Å². The molecule has 2 heterocycles. The van der Waals surface area contributed by atoms with Crippen LogP contribution in [0.2, 0.25) is 0 Å². The first-order valence-electron chi connectivity index (χ1n) is 4.73.